The minimum absolute atomic E-state index is 0.442. The largest absolute Gasteiger partial charge is 0.222 e. The normalized spacial score (nSPS) is 11.2. The van der Waals surface area contributed by atoms with Crippen LogP contribution < -0.4 is 0 Å². The quantitative estimate of drug-likeness (QED) is 0.639. The molecule has 2 rings (SSSR count). The van der Waals surface area contributed by atoms with Crippen molar-refractivity contribution in [1.29, 1.82) is 0 Å². The molecule has 0 aromatic carbocycles. The molecule has 0 bridgehead atoms. The van der Waals surface area contributed by atoms with Gasteiger partial charge in [0.1, 0.15) is 0 Å². The van der Waals surface area contributed by atoms with Gasteiger partial charge in [0, 0.05) is 6.20 Å². The highest BCUT2D eigenvalue weighted by Crippen LogP contribution is 2.12. The van der Waals surface area contributed by atoms with Crippen LogP contribution in [0.15, 0.2) is 24.4 Å². The summed E-state index contributed by atoms with van der Waals surface area (Å²) in [6.45, 7) is 4.23. The summed E-state index contributed by atoms with van der Waals surface area (Å²) >= 11 is 0. The monoisotopic (exact) mass is 161 g/mol. The van der Waals surface area contributed by atoms with Gasteiger partial charge in [-0.2, -0.15) is 0 Å². The van der Waals surface area contributed by atoms with E-state index in [4.69, 9.17) is 0 Å². The Morgan fingerprint density at radius 2 is 2.25 bits per heavy atom. The third-order valence-corrected chi connectivity index (χ3v) is 1.90. The van der Waals surface area contributed by atoms with Gasteiger partial charge in [0.2, 0.25) is 0 Å². The number of hydrogen-bond acceptors (Lipinski definition) is 2. The van der Waals surface area contributed by atoms with Crippen molar-refractivity contribution in [3.8, 4) is 0 Å². The van der Waals surface area contributed by atoms with Crippen LogP contribution in [0.4, 0.5) is 0 Å². The molecular weight excluding hydrogens is 150 g/mol. The fourth-order valence-electron chi connectivity index (χ4n) is 1.14. The Labute approximate surface area is 71.0 Å². The van der Waals surface area contributed by atoms with Crippen LogP contribution in [0.3, 0.4) is 0 Å². The lowest BCUT2D eigenvalue weighted by molar-refractivity contribution is 0.723. The molecule has 3 heteroatoms. The molecule has 0 saturated heterocycles. The SMILES string of the molecule is CC(C)c1cc2cccn2nn1. The minimum Gasteiger partial charge on any atom is -0.222 e. The molecule has 2 heterocycles. The summed E-state index contributed by atoms with van der Waals surface area (Å²) in [6.07, 6.45) is 1.90. The van der Waals surface area contributed by atoms with Crippen LogP contribution in [-0.2, 0) is 0 Å². The van der Waals surface area contributed by atoms with Gasteiger partial charge in [-0.25, -0.2) is 4.52 Å². The summed E-state index contributed by atoms with van der Waals surface area (Å²) in [7, 11) is 0. The number of aromatic nitrogens is 3. The molecule has 0 aliphatic rings. The van der Waals surface area contributed by atoms with Crippen LogP contribution in [0.25, 0.3) is 5.52 Å². The first-order valence-corrected chi connectivity index (χ1v) is 4.08. The van der Waals surface area contributed by atoms with E-state index in [0.29, 0.717) is 5.92 Å². The van der Waals surface area contributed by atoms with E-state index >= 15 is 0 Å². The van der Waals surface area contributed by atoms with Gasteiger partial charge in [-0.05, 0) is 24.1 Å². The van der Waals surface area contributed by atoms with E-state index in [9.17, 15) is 0 Å². The van der Waals surface area contributed by atoms with Crippen LogP contribution in [0.5, 0.6) is 0 Å². The van der Waals surface area contributed by atoms with E-state index in [1.54, 1.807) is 4.52 Å². The Kier molecular flexibility index (Phi) is 1.57. The highest BCUT2D eigenvalue weighted by Gasteiger charge is 2.02. The van der Waals surface area contributed by atoms with Crippen molar-refractivity contribution in [1.82, 2.24) is 14.8 Å². The average molecular weight is 161 g/mol. The number of hydrogen-bond donors (Lipinski definition) is 0. The van der Waals surface area contributed by atoms with Gasteiger partial charge in [-0.3, -0.25) is 0 Å². The lowest BCUT2D eigenvalue weighted by atomic mass is 10.1. The first-order valence-electron chi connectivity index (χ1n) is 4.08. The molecule has 62 valence electrons. The van der Waals surface area contributed by atoms with Crippen molar-refractivity contribution in [3.05, 3.63) is 30.1 Å². The highest BCUT2D eigenvalue weighted by molar-refractivity contribution is 5.46. The average Bonchev–Trinajstić information content (AvgIpc) is 2.49. The smallest absolute Gasteiger partial charge is 0.0695 e. The highest BCUT2D eigenvalue weighted by atomic mass is 15.4. The summed E-state index contributed by atoms with van der Waals surface area (Å²) in [4.78, 5) is 0. The Bertz CT molecular complexity index is 389. The molecular formula is C9H11N3. The summed E-state index contributed by atoms with van der Waals surface area (Å²) in [5.41, 5.74) is 2.15. The first kappa shape index (κ1) is 7.28. The molecule has 0 saturated carbocycles. The van der Waals surface area contributed by atoms with Gasteiger partial charge in [0.25, 0.3) is 0 Å². The molecule has 2 aromatic rings. The van der Waals surface area contributed by atoms with E-state index < -0.39 is 0 Å². The van der Waals surface area contributed by atoms with Gasteiger partial charge in [0.15, 0.2) is 0 Å². The zero-order valence-corrected chi connectivity index (χ0v) is 7.23. The van der Waals surface area contributed by atoms with E-state index in [0.717, 1.165) is 11.2 Å². The van der Waals surface area contributed by atoms with E-state index in [2.05, 4.69) is 30.2 Å². The third-order valence-electron chi connectivity index (χ3n) is 1.90. The summed E-state index contributed by atoms with van der Waals surface area (Å²) in [5.74, 6) is 0.442. The summed E-state index contributed by atoms with van der Waals surface area (Å²) < 4.78 is 1.77. The van der Waals surface area contributed by atoms with E-state index in [1.165, 1.54) is 0 Å². The second kappa shape index (κ2) is 2.59. The van der Waals surface area contributed by atoms with Crippen LogP contribution in [0.1, 0.15) is 25.5 Å². The maximum Gasteiger partial charge on any atom is 0.0695 e. The molecule has 0 aliphatic heterocycles. The molecule has 3 nitrogen and oxygen atoms in total. The fourth-order valence-corrected chi connectivity index (χ4v) is 1.14. The van der Waals surface area contributed by atoms with E-state index in [-0.39, 0.29) is 0 Å². The predicted octanol–water partition coefficient (Wildman–Crippen LogP) is 1.85. The molecule has 12 heavy (non-hydrogen) atoms. The van der Waals surface area contributed by atoms with Crippen LogP contribution in [0, 0.1) is 0 Å². The zero-order valence-electron chi connectivity index (χ0n) is 7.23. The molecule has 0 N–H and O–H groups in total. The maximum atomic E-state index is 4.09. The third kappa shape index (κ3) is 1.07. The van der Waals surface area contributed by atoms with Crippen molar-refractivity contribution in [3.63, 3.8) is 0 Å². The number of rotatable bonds is 1. The van der Waals surface area contributed by atoms with Crippen molar-refractivity contribution in [2.75, 3.05) is 0 Å². The minimum atomic E-state index is 0.442. The molecule has 0 aliphatic carbocycles. The van der Waals surface area contributed by atoms with Crippen LogP contribution in [0.2, 0.25) is 0 Å². The first-order chi connectivity index (χ1) is 5.77. The van der Waals surface area contributed by atoms with Crippen LogP contribution in [-0.4, -0.2) is 14.8 Å². The van der Waals surface area contributed by atoms with Crippen LogP contribution >= 0.6 is 0 Å². The van der Waals surface area contributed by atoms with Crippen molar-refractivity contribution in [2.45, 2.75) is 19.8 Å². The molecule has 0 unspecified atom stereocenters. The Morgan fingerprint density at radius 1 is 1.42 bits per heavy atom. The molecule has 0 atom stereocenters. The van der Waals surface area contributed by atoms with Gasteiger partial charge in [0.05, 0.1) is 11.2 Å². The standard InChI is InChI=1S/C9H11N3/c1-7(2)9-6-8-4-3-5-12(8)11-10-9/h3-7H,1-2H3. The fraction of sp³-hybridized carbons (Fsp3) is 0.333. The summed E-state index contributed by atoms with van der Waals surface area (Å²) in [5, 5.41) is 8.12. The molecule has 0 spiro atoms. The maximum absolute atomic E-state index is 4.09. The molecule has 2 aromatic heterocycles. The lowest BCUT2D eigenvalue weighted by Crippen LogP contribution is -1.99. The topological polar surface area (TPSA) is 30.2 Å². The number of fused-ring (bicyclic) bond motifs is 1. The van der Waals surface area contributed by atoms with Gasteiger partial charge in [-0.1, -0.05) is 19.1 Å². The van der Waals surface area contributed by atoms with Gasteiger partial charge < -0.3 is 0 Å². The second-order valence-electron chi connectivity index (χ2n) is 3.19. The van der Waals surface area contributed by atoms with Crippen molar-refractivity contribution < 1.29 is 0 Å². The number of nitrogens with zero attached hydrogens (tertiary/aromatic N) is 3. The van der Waals surface area contributed by atoms with Gasteiger partial charge in [-0.15, -0.1) is 5.10 Å². The van der Waals surface area contributed by atoms with Crippen molar-refractivity contribution >= 4 is 5.52 Å². The second-order valence-corrected chi connectivity index (χ2v) is 3.19. The summed E-state index contributed by atoms with van der Waals surface area (Å²) in [6, 6.07) is 6.06. The molecule has 0 amide bonds. The zero-order chi connectivity index (χ0) is 8.55. The van der Waals surface area contributed by atoms with E-state index in [1.807, 2.05) is 18.3 Å². The lowest BCUT2D eigenvalue weighted by Gasteiger charge is -2.02. The van der Waals surface area contributed by atoms with Gasteiger partial charge >= 0.3 is 0 Å². The molecule has 0 fully saturated rings. The molecule has 0 radical (unpaired) electrons. The Morgan fingerprint density at radius 3 is 3.00 bits per heavy atom. The van der Waals surface area contributed by atoms with Crippen molar-refractivity contribution in [2.24, 2.45) is 0 Å². The Hall–Kier alpha value is -1.38. The Balaban J connectivity index is 2.60. The predicted molar refractivity (Wildman–Crippen MR) is 47.1 cm³/mol.